The van der Waals surface area contributed by atoms with Crippen molar-refractivity contribution in [1.29, 1.82) is 0 Å². The van der Waals surface area contributed by atoms with Crippen molar-refractivity contribution in [2.45, 2.75) is 26.4 Å². The Balaban J connectivity index is 0.000000437. The second-order valence-corrected chi connectivity index (χ2v) is 3.21. The maximum atomic E-state index is 10.3. The molecular weight excluding hydrogens is 243 g/mol. The molecule has 1 heterocycles. The molecule has 4 nitrogen and oxygen atoms in total. The fraction of sp³-hybridized carbons (Fsp3) is 0.500. The van der Waals surface area contributed by atoms with Crippen LogP contribution in [0.1, 0.15) is 13.3 Å². The van der Waals surface area contributed by atoms with E-state index in [4.69, 9.17) is 5.11 Å². The molecule has 0 unspecified atom stereocenters. The average Bonchev–Trinajstić information content (AvgIpc) is 2.48. The first-order valence-corrected chi connectivity index (χ1v) is 4.86. The molecule has 1 aromatic rings. The van der Waals surface area contributed by atoms with Gasteiger partial charge in [0.15, 0.2) is 6.54 Å². The number of aryl methyl sites for hydroxylation is 1. The van der Waals surface area contributed by atoms with Crippen molar-refractivity contribution >= 4 is 13.2 Å². The third-order valence-corrected chi connectivity index (χ3v) is 1.55. The number of aliphatic carboxylic acids is 1. The molecule has 9 heteroatoms. The molecule has 0 atom stereocenters. The van der Waals surface area contributed by atoms with Crippen LogP contribution in [0.5, 0.6) is 0 Å². The van der Waals surface area contributed by atoms with Crippen molar-refractivity contribution in [3.05, 3.63) is 18.7 Å². The Morgan fingerprint density at radius 3 is 2.35 bits per heavy atom. The fourth-order valence-electron chi connectivity index (χ4n) is 1.08. The van der Waals surface area contributed by atoms with Crippen LogP contribution in [-0.4, -0.2) is 22.9 Å². The largest absolute Gasteiger partial charge is 0.673 e. The lowest BCUT2D eigenvalue weighted by molar-refractivity contribution is -0.685. The molecular formula is C8H13BF4N2O2. The van der Waals surface area contributed by atoms with Crippen molar-refractivity contribution in [3.8, 4) is 0 Å². The van der Waals surface area contributed by atoms with E-state index >= 15 is 0 Å². The third kappa shape index (κ3) is 10.7. The van der Waals surface area contributed by atoms with Crippen LogP contribution in [0, 0.1) is 0 Å². The quantitative estimate of drug-likeness (QED) is 0.505. The van der Waals surface area contributed by atoms with E-state index in [9.17, 15) is 22.1 Å². The van der Waals surface area contributed by atoms with E-state index in [1.807, 2.05) is 10.8 Å². The highest BCUT2D eigenvalue weighted by Crippen LogP contribution is 2.06. The summed E-state index contributed by atoms with van der Waals surface area (Å²) in [6.07, 6.45) is 6.51. The van der Waals surface area contributed by atoms with Crippen LogP contribution in [0.15, 0.2) is 18.7 Å². The van der Waals surface area contributed by atoms with Crippen LogP contribution in [0.2, 0.25) is 0 Å². The molecule has 0 amide bonds. The van der Waals surface area contributed by atoms with Crippen molar-refractivity contribution in [2.24, 2.45) is 0 Å². The molecule has 0 saturated carbocycles. The number of carboxylic acid groups (broad SMARTS) is 1. The van der Waals surface area contributed by atoms with Crippen molar-refractivity contribution < 1.29 is 31.7 Å². The zero-order chi connectivity index (χ0) is 13.5. The van der Waals surface area contributed by atoms with E-state index in [0.29, 0.717) is 0 Å². The molecule has 0 spiro atoms. The number of carboxylic acids is 1. The van der Waals surface area contributed by atoms with Crippen LogP contribution in [-0.2, 0) is 17.9 Å². The predicted octanol–water partition coefficient (Wildman–Crippen LogP) is 1.57. The molecule has 0 aliphatic heterocycles. The Bertz CT molecular complexity index is 348. The smallest absolute Gasteiger partial charge is 0.478 e. The molecule has 0 aromatic carbocycles. The molecule has 0 aliphatic rings. The zero-order valence-corrected chi connectivity index (χ0v) is 9.19. The summed E-state index contributed by atoms with van der Waals surface area (Å²) in [5.41, 5.74) is 0. The third-order valence-electron chi connectivity index (χ3n) is 1.55. The van der Waals surface area contributed by atoms with Gasteiger partial charge in [-0.1, -0.05) is 6.92 Å². The van der Waals surface area contributed by atoms with Crippen LogP contribution >= 0.6 is 0 Å². The van der Waals surface area contributed by atoms with E-state index < -0.39 is 13.2 Å². The summed E-state index contributed by atoms with van der Waals surface area (Å²) in [5, 5.41) is 8.48. The number of imidazole rings is 1. The SMILES string of the molecule is CCCn1cc[n+](CC(=O)O)c1.F[B-](F)(F)F. The maximum Gasteiger partial charge on any atom is 0.673 e. The summed E-state index contributed by atoms with van der Waals surface area (Å²) in [5.74, 6) is -0.811. The molecule has 0 aliphatic carbocycles. The summed E-state index contributed by atoms with van der Waals surface area (Å²) in [7, 11) is -6.00. The first-order chi connectivity index (χ1) is 7.72. The van der Waals surface area contributed by atoms with Crippen molar-refractivity contribution in [2.75, 3.05) is 0 Å². The monoisotopic (exact) mass is 256 g/mol. The van der Waals surface area contributed by atoms with Crippen LogP contribution in [0.3, 0.4) is 0 Å². The number of aromatic nitrogens is 2. The molecule has 1 aromatic heterocycles. The van der Waals surface area contributed by atoms with E-state index in [-0.39, 0.29) is 6.54 Å². The minimum atomic E-state index is -6.00. The van der Waals surface area contributed by atoms with E-state index in [0.717, 1.165) is 13.0 Å². The fourth-order valence-corrected chi connectivity index (χ4v) is 1.08. The second-order valence-electron chi connectivity index (χ2n) is 3.21. The molecule has 98 valence electrons. The normalized spacial score (nSPS) is 10.6. The van der Waals surface area contributed by atoms with Crippen molar-refractivity contribution in [3.63, 3.8) is 0 Å². The van der Waals surface area contributed by atoms with Gasteiger partial charge in [-0.2, -0.15) is 0 Å². The molecule has 0 radical (unpaired) electrons. The highest BCUT2D eigenvalue weighted by Gasteiger charge is 2.20. The number of nitrogens with zero attached hydrogens (tertiary/aromatic N) is 2. The van der Waals surface area contributed by atoms with Gasteiger partial charge in [-0.3, -0.25) is 0 Å². The van der Waals surface area contributed by atoms with Crippen LogP contribution < -0.4 is 4.57 Å². The molecule has 0 saturated heterocycles. The molecule has 17 heavy (non-hydrogen) atoms. The number of carbonyl (C=O) groups is 1. The van der Waals surface area contributed by atoms with Gasteiger partial charge in [-0.25, -0.2) is 13.9 Å². The number of halogens is 4. The Morgan fingerprint density at radius 1 is 1.41 bits per heavy atom. The lowest BCUT2D eigenvalue weighted by atomic mass is 10.3. The standard InChI is InChI=1S/C8H12N2O2.BF4/c1-2-3-9-4-5-10(7-9)6-8(11)12;2-1(3,4)5/h4-5,7H,2-3,6H2,1H3;/q;-1/p+1. The van der Waals surface area contributed by atoms with Gasteiger partial charge >= 0.3 is 13.2 Å². The number of hydrogen-bond acceptors (Lipinski definition) is 1. The Morgan fingerprint density at radius 2 is 1.94 bits per heavy atom. The molecule has 1 rings (SSSR count). The zero-order valence-electron chi connectivity index (χ0n) is 9.19. The number of rotatable bonds is 4. The summed E-state index contributed by atoms with van der Waals surface area (Å²) < 4.78 is 42.6. The van der Waals surface area contributed by atoms with Gasteiger partial charge in [0.25, 0.3) is 0 Å². The summed E-state index contributed by atoms with van der Waals surface area (Å²) in [6.45, 7) is 3.06. The Hall–Kier alpha value is -1.54. The minimum Gasteiger partial charge on any atom is -0.478 e. The van der Waals surface area contributed by atoms with Gasteiger partial charge in [0, 0.05) is 0 Å². The second kappa shape index (κ2) is 6.92. The van der Waals surface area contributed by atoms with Gasteiger partial charge in [0.1, 0.15) is 12.4 Å². The first kappa shape index (κ1) is 15.5. The highest BCUT2D eigenvalue weighted by molar-refractivity contribution is 6.50. The van der Waals surface area contributed by atoms with Gasteiger partial charge in [0.2, 0.25) is 6.33 Å². The topological polar surface area (TPSA) is 46.1 Å². The summed E-state index contributed by atoms with van der Waals surface area (Å²) >= 11 is 0. The van der Waals surface area contributed by atoms with E-state index in [2.05, 4.69) is 6.92 Å². The molecule has 0 fully saturated rings. The Labute approximate surface area is 95.6 Å². The summed E-state index contributed by atoms with van der Waals surface area (Å²) in [6, 6.07) is 0. The predicted molar refractivity (Wildman–Crippen MR) is 52.7 cm³/mol. The van der Waals surface area contributed by atoms with Crippen molar-refractivity contribution in [1.82, 2.24) is 4.57 Å². The van der Waals surface area contributed by atoms with Gasteiger partial charge in [0.05, 0.1) is 6.54 Å². The highest BCUT2D eigenvalue weighted by atomic mass is 19.5. The lowest BCUT2D eigenvalue weighted by Crippen LogP contribution is -2.35. The summed E-state index contributed by atoms with van der Waals surface area (Å²) in [4.78, 5) is 10.3. The minimum absolute atomic E-state index is 0.0384. The van der Waals surface area contributed by atoms with E-state index in [1.165, 1.54) is 0 Å². The molecule has 1 N–H and O–H groups in total. The molecule has 0 bridgehead atoms. The van der Waals surface area contributed by atoms with Gasteiger partial charge in [-0.15, -0.1) is 0 Å². The van der Waals surface area contributed by atoms with Crippen LogP contribution in [0.4, 0.5) is 17.3 Å². The number of hydrogen-bond donors (Lipinski definition) is 1. The first-order valence-electron chi connectivity index (χ1n) is 4.86. The average molecular weight is 256 g/mol. The van der Waals surface area contributed by atoms with E-state index in [1.54, 1.807) is 17.1 Å². The maximum absolute atomic E-state index is 10.3. The van der Waals surface area contributed by atoms with Gasteiger partial charge in [-0.05, 0) is 6.42 Å². The van der Waals surface area contributed by atoms with Gasteiger partial charge < -0.3 is 22.4 Å². The Kier molecular flexibility index (Phi) is 6.30. The lowest BCUT2D eigenvalue weighted by Gasteiger charge is -1.94. The van der Waals surface area contributed by atoms with Crippen LogP contribution in [0.25, 0.3) is 0 Å².